The lowest BCUT2D eigenvalue weighted by molar-refractivity contribution is -0.111. The molecule has 0 saturated heterocycles. The number of benzene rings is 2. The summed E-state index contributed by atoms with van der Waals surface area (Å²) in [5.74, 6) is 0.321. The van der Waals surface area contributed by atoms with Gasteiger partial charge in [0.05, 0.1) is 24.1 Å². The minimum atomic E-state index is -0.747. The number of aliphatic hydroxyl groups excluding tert-OH is 2. The second-order valence-corrected chi connectivity index (χ2v) is 7.52. The van der Waals surface area contributed by atoms with Crippen molar-refractivity contribution in [3.8, 4) is 5.75 Å². The molecule has 2 rings (SSSR count). The van der Waals surface area contributed by atoms with Gasteiger partial charge in [-0.1, -0.05) is 50.3 Å². The Bertz CT molecular complexity index is 833. The molecule has 0 radical (unpaired) electrons. The first kappa shape index (κ1) is 22.5. The summed E-state index contributed by atoms with van der Waals surface area (Å²) in [7, 11) is 0. The molecule has 1 amide bonds. The monoisotopic (exact) mass is 398 g/mol. The van der Waals surface area contributed by atoms with Crippen LogP contribution in [-0.2, 0) is 4.79 Å². The van der Waals surface area contributed by atoms with Gasteiger partial charge >= 0.3 is 0 Å². The maximum Gasteiger partial charge on any atom is 0.248 e. The van der Waals surface area contributed by atoms with Gasteiger partial charge in [-0.15, -0.1) is 0 Å². The Kier molecular flexibility index (Phi) is 8.24. The van der Waals surface area contributed by atoms with Gasteiger partial charge in [0.25, 0.3) is 0 Å². The number of nitrogens with two attached hydrogens (primary N) is 1. The van der Waals surface area contributed by atoms with Crippen molar-refractivity contribution in [2.75, 3.05) is 24.3 Å². The van der Waals surface area contributed by atoms with E-state index in [0.29, 0.717) is 35.5 Å². The molecule has 0 unspecified atom stereocenters. The maximum atomic E-state index is 12.0. The number of amides is 1. The number of carbonyl (C=O) groups is 1. The number of aliphatic hydroxyl groups is 2. The highest BCUT2D eigenvalue weighted by atomic mass is 16.5. The highest BCUT2D eigenvalue weighted by Gasteiger charge is 2.30. The van der Waals surface area contributed by atoms with Crippen LogP contribution >= 0.6 is 0 Å². The van der Waals surface area contributed by atoms with E-state index in [-0.39, 0.29) is 19.1 Å². The first-order valence-electron chi connectivity index (χ1n) is 9.68. The molecule has 6 heteroatoms. The predicted molar refractivity (Wildman–Crippen MR) is 116 cm³/mol. The van der Waals surface area contributed by atoms with Gasteiger partial charge in [-0.2, -0.15) is 0 Å². The van der Waals surface area contributed by atoms with Crippen LogP contribution in [0.2, 0.25) is 0 Å². The van der Waals surface area contributed by atoms with Gasteiger partial charge in [-0.3, -0.25) is 4.79 Å². The zero-order valence-corrected chi connectivity index (χ0v) is 17.0. The van der Waals surface area contributed by atoms with Crippen LogP contribution in [0.15, 0.2) is 60.7 Å². The van der Waals surface area contributed by atoms with Crippen molar-refractivity contribution in [3.05, 3.63) is 66.2 Å². The molecule has 0 heterocycles. The molecule has 29 heavy (non-hydrogen) atoms. The minimum absolute atomic E-state index is 0.0880. The van der Waals surface area contributed by atoms with Gasteiger partial charge < -0.3 is 26.0 Å². The van der Waals surface area contributed by atoms with Crippen LogP contribution in [0.1, 0.15) is 38.4 Å². The third-order valence-electron chi connectivity index (χ3n) is 4.75. The SMILES string of the molecule is CC(C)(CC/C=C/C(=O)Nc1ccccc1N)[C@H](O)c1ccccc1OCCO. The van der Waals surface area contributed by atoms with Gasteiger partial charge in [0.1, 0.15) is 12.4 Å². The molecule has 2 aromatic carbocycles. The van der Waals surface area contributed by atoms with E-state index < -0.39 is 11.5 Å². The number of allylic oxidation sites excluding steroid dienone is 1. The van der Waals surface area contributed by atoms with Crippen LogP contribution in [0.5, 0.6) is 5.75 Å². The van der Waals surface area contributed by atoms with Gasteiger partial charge in [0.15, 0.2) is 0 Å². The fraction of sp³-hybridized carbons (Fsp3) is 0.348. The van der Waals surface area contributed by atoms with E-state index in [9.17, 15) is 9.90 Å². The summed E-state index contributed by atoms with van der Waals surface area (Å²) < 4.78 is 5.54. The normalized spacial score (nSPS) is 12.7. The van der Waals surface area contributed by atoms with Crippen molar-refractivity contribution in [1.29, 1.82) is 0 Å². The first-order chi connectivity index (χ1) is 13.8. The number of carbonyl (C=O) groups excluding carboxylic acids is 1. The molecule has 1 atom stereocenters. The molecule has 156 valence electrons. The van der Waals surface area contributed by atoms with Crippen molar-refractivity contribution in [3.63, 3.8) is 0 Å². The van der Waals surface area contributed by atoms with Crippen LogP contribution in [0.4, 0.5) is 11.4 Å². The molecule has 0 fully saturated rings. The van der Waals surface area contributed by atoms with E-state index in [1.54, 1.807) is 30.3 Å². The summed E-state index contributed by atoms with van der Waals surface area (Å²) >= 11 is 0. The van der Waals surface area contributed by atoms with E-state index in [1.165, 1.54) is 6.08 Å². The average molecular weight is 399 g/mol. The van der Waals surface area contributed by atoms with E-state index in [4.69, 9.17) is 15.6 Å². The number of anilines is 2. The van der Waals surface area contributed by atoms with Crippen LogP contribution in [-0.4, -0.2) is 29.3 Å². The van der Waals surface area contributed by atoms with Crippen LogP contribution in [0.25, 0.3) is 0 Å². The molecule has 0 aliphatic carbocycles. The molecule has 0 bridgehead atoms. The third-order valence-corrected chi connectivity index (χ3v) is 4.75. The Balaban J connectivity index is 1.93. The second kappa shape index (κ2) is 10.6. The van der Waals surface area contributed by atoms with Crippen LogP contribution in [0.3, 0.4) is 0 Å². The number of ether oxygens (including phenoxy) is 1. The van der Waals surface area contributed by atoms with E-state index in [1.807, 2.05) is 38.1 Å². The minimum Gasteiger partial charge on any atom is -0.491 e. The fourth-order valence-corrected chi connectivity index (χ4v) is 2.98. The Labute approximate surface area is 172 Å². The van der Waals surface area contributed by atoms with Crippen molar-refractivity contribution in [1.82, 2.24) is 0 Å². The number of nitrogen functional groups attached to an aromatic ring is 1. The van der Waals surface area contributed by atoms with E-state index in [2.05, 4.69) is 5.32 Å². The molecule has 0 aliphatic rings. The zero-order valence-electron chi connectivity index (χ0n) is 17.0. The Morgan fingerprint density at radius 2 is 1.90 bits per heavy atom. The summed E-state index contributed by atoms with van der Waals surface area (Å²) in [6.45, 7) is 4.03. The highest BCUT2D eigenvalue weighted by molar-refractivity contribution is 6.01. The summed E-state index contributed by atoms with van der Waals surface area (Å²) in [5, 5.41) is 22.6. The Hall–Kier alpha value is -2.83. The number of nitrogens with one attached hydrogen (secondary N) is 1. The lowest BCUT2D eigenvalue weighted by Crippen LogP contribution is -2.22. The lowest BCUT2D eigenvalue weighted by atomic mass is 9.78. The molecule has 6 nitrogen and oxygen atoms in total. The molecule has 5 N–H and O–H groups in total. The van der Waals surface area contributed by atoms with Gasteiger partial charge in [0, 0.05) is 5.56 Å². The van der Waals surface area contributed by atoms with Crippen molar-refractivity contribution >= 4 is 17.3 Å². The van der Waals surface area contributed by atoms with E-state index in [0.717, 1.165) is 0 Å². The smallest absolute Gasteiger partial charge is 0.248 e. The molecular formula is C23H30N2O4. The number of para-hydroxylation sites is 3. The number of rotatable bonds is 10. The van der Waals surface area contributed by atoms with Gasteiger partial charge in [0.2, 0.25) is 5.91 Å². The number of hydrogen-bond donors (Lipinski definition) is 4. The van der Waals surface area contributed by atoms with Crippen molar-refractivity contribution < 1.29 is 19.7 Å². The molecule has 2 aromatic rings. The quantitative estimate of drug-likeness (QED) is 0.361. The largest absolute Gasteiger partial charge is 0.491 e. The zero-order chi connectivity index (χ0) is 21.3. The van der Waals surface area contributed by atoms with Crippen molar-refractivity contribution in [2.24, 2.45) is 5.41 Å². The fourth-order valence-electron chi connectivity index (χ4n) is 2.98. The standard InChI is InChI=1S/C23H30N2O4/c1-23(2,22(28)17-9-3-6-12-20(17)29-16-15-26)14-8-7-13-21(27)25-19-11-5-4-10-18(19)24/h3-7,9-13,22,26,28H,8,14-16,24H2,1-2H3,(H,25,27)/b13-7+/t22-/m1/s1. The molecular weight excluding hydrogens is 368 g/mol. The van der Waals surface area contributed by atoms with Gasteiger partial charge in [-0.25, -0.2) is 0 Å². The van der Waals surface area contributed by atoms with E-state index >= 15 is 0 Å². The molecule has 0 aliphatic heterocycles. The number of hydrogen-bond acceptors (Lipinski definition) is 5. The third kappa shape index (κ3) is 6.62. The molecule has 0 aromatic heterocycles. The second-order valence-electron chi connectivity index (χ2n) is 7.52. The van der Waals surface area contributed by atoms with Gasteiger partial charge in [-0.05, 0) is 42.5 Å². The van der Waals surface area contributed by atoms with Crippen LogP contribution < -0.4 is 15.8 Å². The molecule has 0 saturated carbocycles. The maximum absolute atomic E-state index is 12.0. The van der Waals surface area contributed by atoms with Crippen LogP contribution in [0, 0.1) is 5.41 Å². The summed E-state index contributed by atoms with van der Waals surface area (Å²) in [6, 6.07) is 14.4. The first-order valence-corrected chi connectivity index (χ1v) is 9.68. The summed E-state index contributed by atoms with van der Waals surface area (Å²) in [6.07, 6.45) is 3.81. The Morgan fingerprint density at radius 1 is 1.21 bits per heavy atom. The summed E-state index contributed by atoms with van der Waals surface area (Å²) in [5.41, 5.74) is 7.16. The highest BCUT2D eigenvalue weighted by Crippen LogP contribution is 2.40. The molecule has 0 spiro atoms. The summed E-state index contributed by atoms with van der Waals surface area (Å²) in [4.78, 5) is 12.0. The lowest BCUT2D eigenvalue weighted by Gasteiger charge is -2.31. The topological polar surface area (TPSA) is 105 Å². The van der Waals surface area contributed by atoms with Crippen molar-refractivity contribution in [2.45, 2.75) is 32.8 Å². The average Bonchev–Trinajstić information content (AvgIpc) is 2.71. The Morgan fingerprint density at radius 3 is 2.62 bits per heavy atom. The predicted octanol–water partition coefficient (Wildman–Crippen LogP) is 3.67.